The van der Waals surface area contributed by atoms with Gasteiger partial charge in [-0.1, -0.05) is 20.4 Å². The van der Waals surface area contributed by atoms with E-state index in [1.54, 1.807) is 0 Å². The molecular weight excluding hydrogens is 212 g/mol. The quantitative estimate of drug-likeness (QED) is 0.688. The van der Waals surface area contributed by atoms with Crippen LogP contribution < -0.4 is 0 Å². The van der Waals surface area contributed by atoms with E-state index in [0.29, 0.717) is 5.92 Å². The molecule has 0 fully saturated rings. The molecule has 3 atom stereocenters. The molecule has 0 aromatic rings. The van der Waals surface area contributed by atoms with E-state index in [1.165, 1.54) is 11.1 Å². The number of rotatable bonds is 0. The highest BCUT2D eigenvalue weighted by atomic mass is 35.5. The van der Waals surface area contributed by atoms with Crippen molar-refractivity contribution in [3.05, 3.63) is 23.3 Å². The molecule has 1 aliphatic rings. The highest BCUT2D eigenvalue weighted by Gasteiger charge is 2.39. The summed E-state index contributed by atoms with van der Waals surface area (Å²) in [6, 6.07) is 0. The van der Waals surface area contributed by atoms with Crippen LogP contribution in [0.4, 0.5) is 0 Å². The number of hydrogen-bond donors (Lipinski definition) is 1. The predicted octanol–water partition coefficient (Wildman–Crippen LogP) is 2.51. The van der Waals surface area contributed by atoms with E-state index in [0.717, 1.165) is 5.57 Å². The van der Waals surface area contributed by atoms with Gasteiger partial charge in [0.05, 0.1) is 5.60 Å². The lowest BCUT2D eigenvalue weighted by molar-refractivity contribution is 0.0188. The van der Waals surface area contributed by atoms with Crippen LogP contribution in [0.3, 0.4) is 0 Å². The minimum Gasteiger partial charge on any atom is -0.412 e. The maximum Gasteiger partial charge on any atom is 0.0862 e. The van der Waals surface area contributed by atoms with Gasteiger partial charge in [-0.15, -0.1) is 12.4 Å². The number of hydrogen-bond acceptors (Lipinski definition) is 1. The third-order valence-electron chi connectivity index (χ3n) is 3.99. The fraction of sp³-hybridized carbons (Fsp3) is 0.667. The normalized spacial score (nSPS) is 35.7. The van der Waals surface area contributed by atoms with Gasteiger partial charge in [-0.05, 0) is 49.3 Å². The zero-order valence-corrected chi connectivity index (χ0v) is 11.0. The van der Waals surface area contributed by atoms with Crippen molar-refractivity contribution in [3.8, 4) is 0 Å². The van der Waals surface area contributed by atoms with Gasteiger partial charge in [0.2, 0.25) is 0 Å². The smallest absolute Gasteiger partial charge is 0.0862 e. The van der Waals surface area contributed by atoms with Gasteiger partial charge in [0, 0.05) is 0 Å². The van der Waals surface area contributed by atoms with E-state index in [4.69, 9.17) is 0 Å². The summed E-state index contributed by atoms with van der Waals surface area (Å²) in [6.07, 6.45) is 0. The van der Waals surface area contributed by atoms with E-state index >= 15 is 0 Å². The van der Waals surface area contributed by atoms with Gasteiger partial charge in [0.25, 0.3) is 0 Å². The molecule has 3 N–H and O–H groups in total. The zero-order chi connectivity index (χ0) is 10.4. The highest BCUT2D eigenvalue weighted by Crippen LogP contribution is 2.43. The van der Waals surface area contributed by atoms with E-state index in [2.05, 4.69) is 27.4 Å². The molecule has 15 heavy (non-hydrogen) atoms. The van der Waals surface area contributed by atoms with Crippen molar-refractivity contribution in [1.29, 1.82) is 0 Å². The van der Waals surface area contributed by atoms with Gasteiger partial charge in [-0.2, -0.15) is 0 Å². The van der Waals surface area contributed by atoms with Crippen molar-refractivity contribution in [2.75, 3.05) is 0 Å². The monoisotopic (exact) mass is 234 g/mol. The Morgan fingerprint density at radius 3 is 2.07 bits per heavy atom. The molecule has 0 bridgehead atoms. The molecule has 0 saturated carbocycles. The van der Waals surface area contributed by atoms with Crippen molar-refractivity contribution >= 4 is 12.4 Å². The minimum atomic E-state index is -0.662. The van der Waals surface area contributed by atoms with Crippen LogP contribution in [0.1, 0.15) is 34.6 Å². The Hall–Kier alpha value is -0.310. The average molecular weight is 235 g/mol. The third-order valence-corrected chi connectivity index (χ3v) is 3.99. The maximum atomic E-state index is 10.3. The van der Waals surface area contributed by atoms with Gasteiger partial charge >= 0.3 is 0 Å². The molecule has 0 amide bonds. The average Bonchev–Trinajstić information content (AvgIpc) is 2.09. The van der Waals surface area contributed by atoms with Gasteiger partial charge in [-0.3, -0.25) is 0 Å². The summed E-state index contributed by atoms with van der Waals surface area (Å²) in [5.74, 6) is 0.627. The lowest BCUT2D eigenvalue weighted by Crippen LogP contribution is -2.42. The Bertz CT molecular complexity index is 279. The molecule has 0 radical (unpaired) electrons. The van der Waals surface area contributed by atoms with Crippen LogP contribution in [0.2, 0.25) is 0 Å². The lowest BCUT2D eigenvalue weighted by Gasteiger charge is -2.42. The summed E-state index contributed by atoms with van der Waals surface area (Å²) in [7, 11) is 0. The number of aliphatic hydroxyl groups is 1. The van der Waals surface area contributed by atoms with Crippen LogP contribution in [-0.4, -0.2) is 16.2 Å². The summed E-state index contributed by atoms with van der Waals surface area (Å²) in [5.41, 5.74) is 2.76. The Balaban J connectivity index is 0. The Morgan fingerprint density at radius 2 is 1.67 bits per heavy atom. The van der Waals surface area contributed by atoms with E-state index in [-0.39, 0.29) is 23.8 Å². The molecule has 90 valence electrons. The van der Waals surface area contributed by atoms with Gasteiger partial charge < -0.3 is 10.6 Å². The van der Waals surface area contributed by atoms with Crippen molar-refractivity contribution in [1.82, 2.24) is 0 Å². The molecule has 2 nitrogen and oxygen atoms in total. The van der Waals surface area contributed by atoms with Crippen LogP contribution in [-0.2, 0) is 0 Å². The van der Waals surface area contributed by atoms with Crippen LogP contribution in [0.25, 0.3) is 0 Å². The van der Waals surface area contributed by atoms with Gasteiger partial charge in [-0.25, -0.2) is 0 Å². The molecule has 0 aromatic carbocycles. The fourth-order valence-corrected chi connectivity index (χ4v) is 2.09. The van der Waals surface area contributed by atoms with Crippen molar-refractivity contribution in [2.45, 2.75) is 40.2 Å². The van der Waals surface area contributed by atoms with Crippen molar-refractivity contribution < 1.29 is 10.6 Å². The first-order valence-electron chi connectivity index (χ1n) is 4.89. The van der Waals surface area contributed by atoms with Gasteiger partial charge in [0.1, 0.15) is 0 Å². The van der Waals surface area contributed by atoms with Crippen LogP contribution in [0.5, 0.6) is 0 Å². The van der Waals surface area contributed by atoms with Crippen LogP contribution in [0, 0.1) is 11.8 Å². The van der Waals surface area contributed by atoms with E-state index in [9.17, 15) is 5.11 Å². The third kappa shape index (κ3) is 2.44. The zero-order valence-electron chi connectivity index (χ0n) is 10.2. The van der Waals surface area contributed by atoms with E-state index < -0.39 is 5.60 Å². The fourth-order valence-electron chi connectivity index (χ4n) is 2.09. The largest absolute Gasteiger partial charge is 0.412 e. The molecule has 3 heteroatoms. The second-order valence-corrected chi connectivity index (χ2v) is 4.50. The molecular formula is C12H23ClO2. The Labute approximate surface area is 98.8 Å². The summed E-state index contributed by atoms with van der Waals surface area (Å²) in [5, 5.41) is 10.3. The standard InChI is InChI=1S/C12H20O.ClH.H2O/c1-7-8(2)10(4)12(6,13)11(5)9(7)3;;/h8,10,13H,1H2,2-6H3;1H;1H2. The molecule has 1 aliphatic carbocycles. The summed E-state index contributed by atoms with van der Waals surface area (Å²) in [4.78, 5) is 0. The summed E-state index contributed by atoms with van der Waals surface area (Å²) < 4.78 is 0. The number of allylic oxidation sites excluding steroid dienone is 2. The summed E-state index contributed by atoms with van der Waals surface area (Å²) in [6.45, 7) is 14.3. The first-order chi connectivity index (χ1) is 5.80. The molecule has 0 saturated heterocycles. The molecule has 0 heterocycles. The lowest BCUT2D eigenvalue weighted by atomic mass is 9.67. The molecule has 0 aromatic heterocycles. The predicted molar refractivity (Wildman–Crippen MR) is 67.3 cm³/mol. The van der Waals surface area contributed by atoms with Crippen molar-refractivity contribution in [2.24, 2.45) is 11.8 Å². The SMILES string of the molecule is C=C1C(C)=C(C)C(C)(O)C(C)C1C.Cl.O. The first-order valence-corrected chi connectivity index (χ1v) is 4.89. The molecule has 0 spiro atoms. The molecule has 1 rings (SSSR count). The number of halogens is 1. The summed E-state index contributed by atoms with van der Waals surface area (Å²) >= 11 is 0. The highest BCUT2D eigenvalue weighted by molar-refractivity contribution is 5.85. The second-order valence-electron chi connectivity index (χ2n) is 4.50. The van der Waals surface area contributed by atoms with E-state index in [1.807, 2.05) is 13.8 Å². The van der Waals surface area contributed by atoms with Crippen LogP contribution in [0.15, 0.2) is 23.3 Å². The Kier molecular flexibility index (Phi) is 5.87. The topological polar surface area (TPSA) is 51.7 Å². The van der Waals surface area contributed by atoms with Crippen molar-refractivity contribution in [3.63, 3.8) is 0 Å². The molecule has 0 aliphatic heterocycles. The Morgan fingerprint density at radius 1 is 1.27 bits per heavy atom. The minimum absolute atomic E-state index is 0. The molecule has 3 unspecified atom stereocenters. The second kappa shape index (κ2) is 5.15. The first kappa shape index (κ1) is 17.1. The maximum absolute atomic E-state index is 10.3. The van der Waals surface area contributed by atoms with Gasteiger partial charge in [0.15, 0.2) is 0 Å². The van der Waals surface area contributed by atoms with Crippen LogP contribution >= 0.6 is 12.4 Å².